The number of non-ortho nitro benzene ring substituents is 1. The van der Waals surface area contributed by atoms with E-state index in [2.05, 4.69) is 10.3 Å². The van der Waals surface area contributed by atoms with Crippen LogP contribution in [0, 0.1) is 24.0 Å². The second-order valence-electron chi connectivity index (χ2n) is 6.01. The number of aryl methyl sites for hydroxylation is 2. The fraction of sp³-hybridized carbons (Fsp3) is 0.158. The standard InChI is InChI=1S/C19H17N3O4S/c1-12-6-13(2)8-16(7-12)26-10-18(23)21-19-20-17(11-27-19)14-4-3-5-15(9-14)22(24)25/h3-9,11H,10H2,1-2H3,(H,20,21,23). The predicted molar refractivity (Wildman–Crippen MR) is 104 cm³/mol. The zero-order valence-corrected chi connectivity index (χ0v) is 15.6. The summed E-state index contributed by atoms with van der Waals surface area (Å²) in [7, 11) is 0. The molecule has 138 valence electrons. The van der Waals surface area contributed by atoms with Crippen LogP contribution in [0.4, 0.5) is 10.8 Å². The molecule has 3 aromatic rings. The lowest BCUT2D eigenvalue weighted by molar-refractivity contribution is -0.384. The minimum atomic E-state index is -0.455. The van der Waals surface area contributed by atoms with E-state index in [1.807, 2.05) is 32.0 Å². The summed E-state index contributed by atoms with van der Waals surface area (Å²) in [4.78, 5) is 26.8. The molecule has 0 bridgehead atoms. The molecule has 0 aliphatic heterocycles. The van der Waals surface area contributed by atoms with Crippen molar-refractivity contribution in [1.82, 2.24) is 4.98 Å². The summed E-state index contributed by atoms with van der Waals surface area (Å²) in [6.07, 6.45) is 0. The Labute approximate surface area is 159 Å². The van der Waals surface area contributed by atoms with Crippen LogP contribution < -0.4 is 10.1 Å². The van der Waals surface area contributed by atoms with Gasteiger partial charge in [-0.3, -0.25) is 20.2 Å². The number of anilines is 1. The first-order valence-electron chi connectivity index (χ1n) is 8.12. The Balaban J connectivity index is 1.62. The molecule has 0 radical (unpaired) electrons. The van der Waals surface area contributed by atoms with E-state index in [0.717, 1.165) is 11.1 Å². The van der Waals surface area contributed by atoms with Crippen LogP contribution in [-0.2, 0) is 4.79 Å². The van der Waals surface area contributed by atoms with Gasteiger partial charge in [0.25, 0.3) is 11.6 Å². The molecule has 1 heterocycles. The van der Waals surface area contributed by atoms with Crippen LogP contribution in [0.15, 0.2) is 47.8 Å². The molecule has 0 saturated carbocycles. The van der Waals surface area contributed by atoms with Gasteiger partial charge in [0.1, 0.15) is 5.75 Å². The van der Waals surface area contributed by atoms with Gasteiger partial charge in [-0.25, -0.2) is 4.98 Å². The Morgan fingerprint density at radius 2 is 1.96 bits per heavy atom. The molecule has 1 amide bonds. The second kappa shape index (κ2) is 7.96. The normalized spacial score (nSPS) is 10.4. The fourth-order valence-electron chi connectivity index (χ4n) is 2.56. The van der Waals surface area contributed by atoms with Gasteiger partial charge in [-0.05, 0) is 37.1 Å². The molecule has 0 aliphatic carbocycles. The highest BCUT2D eigenvalue weighted by molar-refractivity contribution is 7.14. The van der Waals surface area contributed by atoms with E-state index in [9.17, 15) is 14.9 Å². The highest BCUT2D eigenvalue weighted by atomic mass is 32.1. The van der Waals surface area contributed by atoms with Gasteiger partial charge in [-0.2, -0.15) is 0 Å². The third-order valence-electron chi connectivity index (χ3n) is 3.67. The van der Waals surface area contributed by atoms with Crippen LogP contribution in [0.5, 0.6) is 5.75 Å². The summed E-state index contributed by atoms with van der Waals surface area (Å²) in [5.41, 5.74) is 3.30. The van der Waals surface area contributed by atoms with Gasteiger partial charge in [0.05, 0.1) is 10.6 Å². The topological polar surface area (TPSA) is 94.4 Å². The highest BCUT2D eigenvalue weighted by Crippen LogP contribution is 2.27. The van der Waals surface area contributed by atoms with Crippen molar-refractivity contribution in [1.29, 1.82) is 0 Å². The van der Waals surface area contributed by atoms with Crippen LogP contribution in [0.2, 0.25) is 0 Å². The zero-order chi connectivity index (χ0) is 19.4. The average molecular weight is 383 g/mol. The first-order chi connectivity index (χ1) is 12.9. The van der Waals surface area contributed by atoms with Crippen molar-refractivity contribution >= 4 is 28.1 Å². The van der Waals surface area contributed by atoms with E-state index in [4.69, 9.17) is 4.74 Å². The molecule has 0 unspecified atom stereocenters. The van der Waals surface area contributed by atoms with Crippen LogP contribution in [0.3, 0.4) is 0 Å². The summed E-state index contributed by atoms with van der Waals surface area (Å²) >= 11 is 1.25. The average Bonchev–Trinajstić information content (AvgIpc) is 3.08. The molecule has 0 fully saturated rings. The van der Waals surface area contributed by atoms with Crippen LogP contribution >= 0.6 is 11.3 Å². The molecule has 0 atom stereocenters. The second-order valence-corrected chi connectivity index (χ2v) is 6.86. The first kappa shape index (κ1) is 18.5. The lowest BCUT2D eigenvalue weighted by atomic mass is 10.1. The molecule has 3 rings (SSSR count). The molecule has 1 N–H and O–H groups in total. The minimum Gasteiger partial charge on any atom is -0.484 e. The van der Waals surface area contributed by atoms with Gasteiger partial charge in [-0.15, -0.1) is 11.3 Å². The maximum Gasteiger partial charge on any atom is 0.270 e. The van der Waals surface area contributed by atoms with Crippen molar-refractivity contribution in [2.45, 2.75) is 13.8 Å². The quantitative estimate of drug-likeness (QED) is 0.504. The van der Waals surface area contributed by atoms with E-state index in [-0.39, 0.29) is 18.2 Å². The van der Waals surface area contributed by atoms with E-state index < -0.39 is 4.92 Å². The SMILES string of the molecule is Cc1cc(C)cc(OCC(=O)Nc2nc(-c3cccc([N+](=O)[O-])c3)cs2)c1. The van der Waals surface area contributed by atoms with Gasteiger partial charge in [0.15, 0.2) is 11.7 Å². The molecule has 7 nitrogen and oxygen atoms in total. The van der Waals surface area contributed by atoms with Crippen LogP contribution in [-0.4, -0.2) is 22.4 Å². The third kappa shape index (κ3) is 4.89. The summed E-state index contributed by atoms with van der Waals surface area (Å²) in [5.74, 6) is 0.313. The van der Waals surface area contributed by atoms with Gasteiger partial charge in [0.2, 0.25) is 0 Å². The number of amides is 1. The summed E-state index contributed by atoms with van der Waals surface area (Å²) in [6.45, 7) is 3.80. The number of ether oxygens (including phenoxy) is 1. The Kier molecular flexibility index (Phi) is 5.46. The minimum absolute atomic E-state index is 0.00654. The number of rotatable bonds is 6. The summed E-state index contributed by atoms with van der Waals surface area (Å²) in [6, 6.07) is 12.0. The van der Waals surface area contributed by atoms with Gasteiger partial charge in [-0.1, -0.05) is 18.2 Å². The molecular weight excluding hydrogens is 366 g/mol. The van der Waals surface area contributed by atoms with E-state index in [1.165, 1.54) is 23.5 Å². The molecule has 0 saturated heterocycles. The number of benzene rings is 2. The maximum absolute atomic E-state index is 12.1. The van der Waals surface area contributed by atoms with E-state index in [1.54, 1.807) is 17.5 Å². The van der Waals surface area contributed by atoms with E-state index in [0.29, 0.717) is 22.1 Å². The smallest absolute Gasteiger partial charge is 0.270 e. The van der Waals surface area contributed by atoms with Crippen molar-refractivity contribution in [3.8, 4) is 17.0 Å². The molecular formula is C19H17N3O4S. The van der Waals surface area contributed by atoms with Gasteiger partial charge in [0, 0.05) is 23.1 Å². The summed E-state index contributed by atoms with van der Waals surface area (Å²) in [5, 5.41) is 15.7. The van der Waals surface area contributed by atoms with Crippen molar-refractivity contribution in [2.24, 2.45) is 0 Å². The molecule has 27 heavy (non-hydrogen) atoms. The Hall–Kier alpha value is -3.26. The highest BCUT2D eigenvalue weighted by Gasteiger charge is 2.12. The van der Waals surface area contributed by atoms with Crippen molar-refractivity contribution < 1.29 is 14.5 Å². The third-order valence-corrected chi connectivity index (χ3v) is 4.43. The van der Waals surface area contributed by atoms with Crippen molar-refractivity contribution in [3.63, 3.8) is 0 Å². The number of hydrogen-bond donors (Lipinski definition) is 1. The van der Waals surface area contributed by atoms with Gasteiger partial charge < -0.3 is 4.74 Å². The lowest BCUT2D eigenvalue weighted by Gasteiger charge is -2.07. The molecule has 8 heteroatoms. The Morgan fingerprint density at radius 3 is 2.67 bits per heavy atom. The largest absolute Gasteiger partial charge is 0.484 e. The zero-order valence-electron chi connectivity index (χ0n) is 14.8. The van der Waals surface area contributed by atoms with Crippen molar-refractivity contribution in [2.75, 3.05) is 11.9 Å². The van der Waals surface area contributed by atoms with Crippen LogP contribution in [0.1, 0.15) is 11.1 Å². The number of aromatic nitrogens is 1. The lowest BCUT2D eigenvalue weighted by Crippen LogP contribution is -2.20. The number of nitro benzene ring substituents is 1. The number of nitrogens with one attached hydrogen (secondary N) is 1. The maximum atomic E-state index is 12.1. The van der Waals surface area contributed by atoms with Gasteiger partial charge >= 0.3 is 0 Å². The van der Waals surface area contributed by atoms with Crippen LogP contribution in [0.25, 0.3) is 11.3 Å². The molecule has 0 aliphatic rings. The Bertz CT molecular complexity index is 980. The number of nitrogens with zero attached hydrogens (tertiary/aromatic N) is 2. The predicted octanol–water partition coefficient (Wildman–Crippen LogP) is 4.35. The summed E-state index contributed by atoms with van der Waals surface area (Å²) < 4.78 is 5.53. The molecule has 1 aromatic heterocycles. The molecule has 0 spiro atoms. The number of carbonyl (C=O) groups excluding carboxylic acids is 1. The van der Waals surface area contributed by atoms with E-state index >= 15 is 0 Å². The number of nitro groups is 1. The Morgan fingerprint density at radius 1 is 1.22 bits per heavy atom. The number of thiazole rings is 1. The molecule has 2 aromatic carbocycles. The fourth-order valence-corrected chi connectivity index (χ4v) is 3.30. The number of carbonyl (C=O) groups is 1. The van der Waals surface area contributed by atoms with Crippen molar-refractivity contribution in [3.05, 3.63) is 69.1 Å². The number of hydrogen-bond acceptors (Lipinski definition) is 6. The first-order valence-corrected chi connectivity index (χ1v) is 9.00. The monoisotopic (exact) mass is 383 g/mol.